The third-order valence-corrected chi connectivity index (χ3v) is 4.66. The fourth-order valence-corrected chi connectivity index (χ4v) is 3.15. The summed E-state index contributed by atoms with van der Waals surface area (Å²) in [7, 11) is 0. The van der Waals surface area contributed by atoms with Crippen LogP contribution in [0.25, 0.3) is 16.8 Å². The summed E-state index contributed by atoms with van der Waals surface area (Å²) >= 11 is 0. The predicted molar refractivity (Wildman–Crippen MR) is 116 cm³/mol. The van der Waals surface area contributed by atoms with Crippen molar-refractivity contribution in [1.29, 1.82) is 0 Å². The first-order chi connectivity index (χ1) is 14.7. The number of amides is 2. The van der Waals surface area contributed by atoms with Crippen molar-refractivity contribution in [2.24, 2.45) is 0 Å². The number of benzene rings is 3. The third-order valence-electron chi connectivity index (χ3n) is 4.66. The van der Waals surface area contributed by atoms with Gasteiger partial charge in [0.1, 0.15) is 11.5 Å². The van der Waals surface area contributed by atoms with Crippen molar-refractivity contribution < 1.29 is 14.0 Å². The van der Waals surface area contributed by atoms with Crippen LogP contribution in [0, 0.1) is 0 Å². The molecule has 0 aliphatic carbocycles. The molecule has 0 radical (unpaired) electrons. The topological polar surface area (TPSA) is 71.3 Å². The first kappa shape index (κ1) is 19.2. The minimum Gasteiger partial charge on any atom is -0.467 e. The summed E-state index contributed by atoms with van der Waals surface area (Å²) in [5.41, 5.74) is 1.47. The average molecular weight is 396 g/mol. The highest BCUT2D eigenvalue weighted by Gasteiger charge is 2.15. The molecule has 0 spiro atoms. The summed E-state index contributed by atoms with van der Waals surface area (Å²) in [5, 5.41) is 7.59. The first-order valence-corrected chi connectivity index (χ1v) is 9.57. The summed E-state index contributed by atoms with van der Waals surface area (Å²) < 4.78 is 5.27. The second-order valence-electron chi connectivity index (χ2n) is 6.71. The quantitative estimate of drug-likeness (QED) is 0.471. The van der Waals surface area contributed by atoms with E-state index in [4.69, 9.17) is 4.42 Å². The molecule has 148 valence electrons. The Kier molecular flexibility index (Phi) is 5.71. The van der Waals surface area contributed by atoms with Gasteiger partial charge in [0, 0.05) is 5.56 Å². The fourth-order valence-electron chi connectivity index (χ4n) is 3.15. The van der Waals surface area contributed by atoms with Gasteiger partial charge in [-0.3, -0.25) is 9.59 Å². The van der Waals surface area contributed by atoms with Crippen LogP contribution in [0.15, 0.2) is 101 Å². The van der Waals surface area contributed by atoms with E-state index in [0.29, 0.717) is 11.3 Å². The molecule has 0 aliphatic rings. The highest BCUT2D eigenvalue weighted by molar-refractivity contribution is 6.06. The molecule has 0 saturated heterocycles. The van der Waals surface area contributed by atoms with Gasteiger partial charge in [0.25, 0.3) is 11.8 Å². The Morgan fingerprint density at radius 1 is 0.833 bits per heavy atom. The molecule has 5 heteroatoms. The monoisotopic (exact) mass is 396 g/mol. The van der Waals surface area contributed by atoms with E-state index < -0.39 is 5.91 Å². The van der Waals surface area contributed by atoms with Crippen molar-refractivity contribution in [3.8, 4) is 0 Å². The Bertz CT molecular complexity index is 1190. The number of nitrogens with one attached hydrogen (secondary N) is 2. The molecule has 0 aliphatic heterocycles. The highest BCUT2D eigenvalue weighted by atomic mass is 16.3. The lowest BCUT2D eigenvalue weighted by molar-refractivity contribution is -0.118. The fraction of sp³-hybridized carbons (Fsp3) is 0.0400. The summed E-state index contributed by atoms with van der Waals surface area (Å²) in [6.07, 6.45) is 3.24. The molecule has 30 heavy (non-hydrogen) atoms. The Hall–Kier alpha value is -4.12. The SMILES string of the molecule is O=C(NCc1ccco1)/C(=C\c1cccc2ccccc12)NC(=O)c1ccccc1. The lowest BCUT2D eigenvalue weighted by Crippen LogP contribution is -2.34. The molecule has 5 nitrogen and oxygen atoms in total. The van der Waals surface area contributed by atoms with E-state index in [-0.39, 0.29) is 18.1 Å². The van der Waals surface area contributed by atoms with Gasteiger partial charge < -0.3 is 15.1 Å². The highest BCUT2D eigenvalue weighted by Crippen LogP contribution is 2.20. The van der Waals surface area contributed by atoms with Gasteiger partial charge >= 0.3 is 0 Å². The Morgan fingerprint density at radius 2 is 1.60 bits per heavy atom. The molecule has 4 rings (SSSR count). The van der Waals surface area contributed by atoms with E-state index in [1.807, 2.05) is 48.5 Å². The Balaban J connectivity index is 1.66. The maximum Gasteiger partial charge on any atom is 0.268 e. The zero-order valence-corrected chi connectivity index (χ0v) is 16.2. The lowest BCUT2D eigenvalue weighted by atomic mass is 10.0. The van der Waals surface area contributed by atoms with E-state index in [2.05, 4.69) is 10.6 Å². The van der Waals surface area contributed by atoms with E-state index in [1.165, 1.54) is 0 Å². The summed E-state index contributed by atoms with van der Waals surface area (Å²) in [6, 6.07) is 26.1. The number of rotatable bonds is 6. The van der Waals surface area contributed by atoms with Gasteiger partial charge in [0.05, 0.1) is 12.8 Å². The summed E-state index contributed by atoms with van der Waals surface area (Å²) in [4.78, 5) is 25.6. The molecule has 0 unspecified atom stereocenters. The number of furan rings is 1. The molecule has 0 bridgehead atoms. The van der Waals surface area contributed by atoms with Crippen LogP contribution in [0.3, 0.4) is 0 Å². The van der Waals surface area contributed by atoms with E-state index in [1.54, 1.807) is 48.7 Å². The number of carbonyl (C=O) groups excluding carboxylic acids is 2. The number of carbonyl (C=O) groups is 2. The first-order valence-electron chi connectivity index (χ1n) is 9.57. The van der Waals surface area contributed by atoms with Gasteiger partial charge in [-0.25, -0.2) is 0 Å². The van der Waals surface area contributed by atoms with Gasteiger partial charge in [-0.15, -0.1) is 0 Å². The number of hydrogen-bond donors (Lipinski definition) is 2. The molecule has 4 aromatic rings. The van der Waals surface area contributed by atoms with Crippen LogP contribution in [0.1, 0.15) is 21.7 Å². The van der Waals surface area contributed by atoms with Crippen LogP contribution in [0.5, 0.6) is 0 Å². The standard InChI is InChI=1S/C25H20N2O3/c28-24(19-9-2-1-3-10-19)27-23(25(29)26-17-21-13-7-15-30-21)16-20-12-6-11-18-8-4-5-14-22(18)20/h1-16H,17H2,(H,26,29)(H,27,28)/b23-16+. The van der Waals surface area contributed by atoms with Crippen LogP contribution < -0.4 is 10.6 Å². The van der Waals surface area contributed by atoms with E-state index in [0.717, 1.165) is 16.3 Å². The van der Waals surface area contributed by atoms with Crippen molar-refractivity contribution >= 4 is 28.7 Å². The van der Waals surface area contributed by atoms with Gasteiger partial charge in [-0.2, -0.15) is 0 Å². The summed E-state index contributed by atoms with van der Waals surface area (Å²) in [5.74, 6) is -0.124. The van der Waals surface area contributed by atoms with Crippen molar-refractivity contribution in [3.63, 3.8) is 0 Å². The van der Waals surface area contributed by atoms with E-state index in [9.17, 15) is 9.59 Å². The molecular weight excluding hydrogens is 376 g/mol. The van der Waals surface area contributed by atoms with Crippen LogP contribution >= 0.6 is 0 Å². The Labute approximate surface area is 174 Å². The molecule has 3 aromatic carbocycles. The van der Waals surface area contributed by atoms with Crippen molar-refractivity contribution in [2.75, 3.05) is 0 Å². The molecule has 0 atom stereocenters. The second kappa shape index (κ2) is 8.92. The van der Waals surface area contributed by atoms with Crippen LogP contribution in [0.4, 0.5) is 0 Å². The molecule has 2 N–H and O–H groups in total. The molecule has 1 heterocycles. The smallest absolute Gasteiger partial charge is 0.268 e. The minimum atomic E-state index is -0.399. The average Bonchev–Trinajstić information content (AvgIpc) is 3.31. The van der Waals surface area contributed by atoms with Gasteiger partial charge in [-0.1, -0.05) is 60.7 Å². The van der Waals surface area contributed by atoms with Crippen LogP contribution in [-0.2, 0) is 11.3 Å². The Morgan fingerprint density at radius 3 is 2.40 bits per heavy atom. The minimum absolute atomic E-state index is 0.159. The largest absolute Gasteiger partial charge is 0.467 e. The van der Waals surface area contributed by atoms with Gasteiger partial charge in [-0.05, 0) is 46.7 Å². The maximum absolute atomic E-state index is 12.9. The van der Waals surface area contributed by atoms with Crippen LogP contribution in [0.2, 0.25) is 0 Å². The number of fused-ring (bicyclic) bond motifs is 1. The van der Waals surface area contributed by atoms with Gasteiger partial charge in [0.2, 0.25) is 0 Å². The predicted octanol–water partition coefficient (Wildman–Crippen LogP) is 4.52. The maximum atomic E-state index is 12.9. The second-order valence-corrected chi connectivity index (χ2v) is 6.71. The summed E-state index contributed by atoms with van der Waals surface area (Å²) in [6.45, 7) is 0.222. The molecule has 0 saturated carbocycles. The third kappa shape index (κ3) is 4.47. The lowest BCUT2D eigenvalue weighted by Gasteiger charge is -2.11. The van der Waals surface area contributed by atoms with Crippen LogP contribution in [-0.4, -0.2) is 11.8 Å². The van der Waals surface area contributed by atoms with Gasteiger partial charge in [0.15, 0.2) is 0 Å². The normalized spacial score (nSPS) is 11.3. The van der Waals surface area contributed by atoms with Crippen molar-refractivity contribution in [3.05, 3.63) is 114 Å². The van der Waals surface area contributed by atoms with Crippen molar-refractivity contribution in [2.45, 2.75) is 6.54 Å². The zero-order chi connectivity index (χ0) is 20.8. The zero-order valence-electron chi connectivity index (χ0n) is 16.2. The van der Waals surface area contributed by atoms with Crippen molar-refractivity contribution in [1.82, 2.24) is 10.6 Å². The number of hydrogen-bond acceptors (Lipinski definition) is 3. The van der Waals surface area contributed by atoms with E-state index >= 15 is 0 Å². The molecule has 2 amide bonds. The molecular formula is C25H20N2O3. The molecule has 1 aromatic heterocycles. The molecule has 0 fully saturated rings.